The number of benzene rings is 3. The molecule has 0 radical (unpaired) electrons. The summed E-state index contributed by atoms with van der Waals surface area (Å²) in [4.78, 5) is 21.0. The molecule has 3 aromatic carbocycles. The van der Waals surface area contributed by atoms with E-state index in [9.17, 15) is 4.79 Å². The lowest BCUT2D eigenvalue weighted by molar-refractivity contribution is -0.155. The van der Waals surface area contributed by atoms with E-state index in [4.69, 9.17) is 24.0 Å². The van der Waals surface area contributed by atoms with Crippen molar-refractivity contribution in [1.82, 2.24) is 29.5 Å². The molecule has 11 nitrogen and oxygen atoms in total. The van der Waals surface area contributed by atoms with Crippen LogP contribution < -0.4 is 4.74 Å². The maximum absolute atomic E-state index is 12.0. The van der Waals surface area contributed by atoms with Gasteiger partial charge in [0.25, 0.3) is 0 Å². The average Bonchev–Trinajstić information content (AvgIpc) is 3.91. The van der Waals surface area contributed by atoms with Crippen molar-refractivity contribution in [3.63, 3.8) is 0 Å². The van der Waals surface area contributed by atoms with Gasteiger partial charge in [-0.15, -0.1) is 0 Å². The van der Waals surface area contributed by atoms with Gasteiger partial charge >= 0.3 is 12.0 Å². The number of aromatic nitrogens is 6. The molecule has 8 rings (SSSR count). The predicted octanol–water partition coefficient (Wildman–Crippen LogP) is 10.9. The molecule has 0 saturated carbocycles. The number of hydrogen-bond acceptors (Lipinski definition) is 9. The molecular formula is C50H58N6O5. The molecule has 61 heavy (non-hydrogen) atoms. The van der Waals surface area contributed by atoms with Gasteiger partial charge in [0.1, 0.15) is 5.60 Å². The Hall–Kier alpha value is -5.83. The standard InChI is InChI=1S/C34H40N4O4.C16H18N2O/c1-5-28(24-12-7-6-8-13-24)32(25-16-17-29-26(20-25)23-37-38(29)30-14-9-10-18-40-30)27-21-35-33(36-22-27)41-19-11-15-31(39)42-34(2,3)4;1-2-3-6-13-8-9-15-14(11-13)12-17-18(15)16-7-4-5-10-19-16/h6-8,12-13,16-17,20-23,30H,5,9-11,14-15,18-19H2,1-4H3;8-9,11-12,16H,2,4-5,7,10H2,1H3/b32-28-;. The van der Waals surface area contributed by atoms with Gasteiger partial charge in [0, 0.05) is 60.3 Å². The molecule has 2 aliphatic heterocycles. The Morgan fingerprint density at radius 2 is 1.41 bits per heavy atom. The molecule has 0 aliphatic carbocycles. The number of nitrogens with zero attached hydrogens (tertiary/aromatic N) is 6. The molecule has 6 aromatic rings. The number of ether oxygens (including phenoxy) is 4. The Morgan fingerprint density at radius 1 is 0.770 bits per heavy atom. The van der Waals surface area contributed by atoms with E-state index in [1.807, 2.05) is 61.0 Å². The fraction of sp³-hybridized carbons (Fsp3) is 0.420. The Kier molecular flexibility index (Phi) is 14.6. The molecule has 5 heterocycles. The fourth-order valence-corrected chi connectivity index (χ4v) is 7.79. The number of hydrogen-bond donors (Lipinski definition) is 0. The van der Waals surface area contributed by atoms with Crippen LogP contribution in [0.1, 0.15) is 134 Å². The van der Waals surface area contributed by atoms with Crippen molar-refractivity contribution in [2.24, 2.45) is 0 Å². The highest BCUT2D eigenvalue weighted by Gasteiger charge is 2.22. The lowest BCUT2D eigenvalue weighted by Crippen LogP contribution is -2.24. The lowest BCUT2D eigenvalue weighted by Gasteiger charge is -2.23. The number of rotatable bonds is 11. The summed E-state index contributed by atoms with van der Waals surface area (Å²) in [6.07, 6.45) is 16.7. The highest BCUT2D eigenvalue weighted by molar-refractivity contribution is 6.00. The summed E-state index contributed by atoms with van der Waals surface area (Å²) >= 11 is 0. The first-order valence-electron chi connectivity index (χ1n) is 21.8. The molecule has 2 fully saturated rings. The summed E-state index contributed by atoms with van der Waals surface area (Å²) in [7, 11) is 0. The highest BCUT2D eigenvalue weighted by atomic mass is 16.6. The number of allylic oxidation sites excluding steroid dienone is 1. The summed E-state index contributed by atoms with van der Waals surface area (Å²) in [5.74, 6) is 6.02. The third-order valence-electron chi connectivity index (χ3n) is 10.6. The van der Waals surface area contributed by atoms with E-state index in [2.05, 4.69) is 101 Å². The summed E-state index contributed by atoms with van der Waals surface area (Å²) in [6, 6.07) is 23.4. The van der Waals surface area contributed by atoms with Gasteiger partial charge in [-0.2, -0.15) is 10.2 Å². The van der Waals surface area contributed by atoms with Crippen LogP contribution in [0.4, 0.5) is 0 Å². The molecule has 2 atom stereocenters. The second-order valence-electron chi connectivity index (χ2n) is 16.4. The molecule has 2 saturated heterocycles. The Bertz CT molecular complexity index is 2460. The molecule has 318 valence electrons. The van der Waals surface area contributed by atoms with Gasteiger partial charge in [-0.3, -0.25) is 4.79 Å². The van der Waals surface area contributed by atoms with Crippen LogP contribution in [-0.2, 0) is 19.0 Å². The lowest BCUT2D eigenvalue weighted by atomic mass is 9.89. The molecule has 3 aromatic heterocycles. The third kappa shape index (κ3) is 11.3. The number of carbonyl (C=O) groups excluding carboxylic acids is 1. The van der Waals surface area contributed by atoms with Crippen LogP contribution in [0.15, 0.2) is 91.5 Å². The minimum absolute atomic E-state index is 0.0160. The first-order valence-corrected chi connectivity index (χ1v) is 21.8. The SMILES string of the molecule is CC/C(=C(/c1cnc(OCCCC(=O)OC(C)(C)C)nc1)c1ccc2c(cnn2C2CCCCO2)c1)c1ccccc1.CCC#Cc1ccc2c(cnn2C2CCCCO2)c1. The van der Waals surface area contributed by atoms with Crippen molar-refractivity contribution in [2.75, 3.05) is 19.8 Å². The zero-order valence-corrected chi connectivity index (χ0v) is 36.2. The maximum atomic E-state index is 12.0. The maximum Gasteiger partial charge on any atom is 0.316 e. The van der Waals surface area contributed by atoms with Gasteiger partial charge in [-0.05, 0) is 125 Å². The van der Waals surface area contributed by atoms with Crippen molar-refractivity contribution in [3.05, 3.63) is 114 Å². The van der Waals surface area contributed by atoms with E-state index < -0.39 is 5.60 Å². The molecule has 0 amide bonds. The topological polar surface area (TPSA) is 115 Å². The van der Waals surface area contributed by atoms with Crippen molar-refractivity contribution in [2.45, 2.75) is 117 Å². The normalized spacial score (nSPS) is 17.1. The van der Waals surface area contributed by atoms with E-state index >= 15 is 0 Å². The van der Waals surface area contributed by atoms with Crippen LogP contribution in [0, 0.1) is 11.8 Å². The molecule has 11 heteroatoms. The van der Waals surface area contributed by atoms with Crippen LogP contribution in [-0.4, -0.2) is 60.9 Å². The predicted molar refractivity (Wildman–Crippen MR) is 240 cm³/mol. The van der Waals surface area contributed by atoms with E-state index in [-0.39, 0.29) is 30.9 Å². The monoisotopic (exact) mass is 822 g/mol. The van der Waals surface area contributed by atoms with Crippen LogP contribution in [0.25, 0.3) is 33.0 Å². The Morgan fingerprint density at radius 3 is 2.00 bits per heavy atom. The van der Waals surface area contributed by atoms with Gasteiger partial charge in [0.15, 0.2) is 12.5 Å². The molecule has 0 bridgehead atoms. The first-order chi connectivity index (χ1) is 29.7. The summed E-state index contributed by atoms with van der Waals surface area (Å²) in [5, 5.41) is 11.4. The van der Waals surface area contributed by atoms with Gasteiger partial charge in [-0.1, -0.05) is 62.1 Å². The van der Waals surface area contributed by atoms with E-state index in [1.54, 1.807) is 0 Å². The van der Waals surface area contributed by atoms with E-state index in [0.29, 0.717) is 13.0 Å². The van der Waals surface area contributed by atoms with Gasteiger partial charge < -0.3 is 18.9 Å². The minimum Gasteiger partial charge on any atom is -0.463 e. The van der Waals surface area contributed by atoms with Crippen LogP contribution in [0.5, 0.6) is 6.01 Å². The zero-order chi connectivity index (χ0) is 42.6. The molecule has 2 unspecified atom stereocenters. The zero-order valence-electron chi connectivity index (χ0n) is 36.2. The fourth-order valence-electron chi connectivity index (χ4n) is 7.79. The summed E-state index contributed by atoms with van der Waals surface area (Å²) in [5.41, 5.74) is 8.16. The van der Waals surface area contributed by atoms with Crippen molar-refractivity contribution >= 4 is 38.9 Å². The largest absolute Gasteiger partial charge is 0.463 e. The molecule has 0 spiro atoms. The number of esters is 1. The Labute approximate surface area is 359 Å². The number of carbonyl (C=O) groups is 1. The minimum atomic E-state index is -0.492. The van der Waals surface area contributed by atoms with E-state index in [1.165, 1.54) is 12.0 Å². The van der Waals surface area contributed by atoms with Crippen LogP contribution in [0.2, 0.25) is 0 Å². The smallest absolute Gasteiger partial charge is 0.316 e. The van der Waals surface area contributed by atoms with Crippen molar-refractivity contribution in [1.29, 1.82) is 0 Å². The van der Waals surface area contributed by atoms with Crippen molar-refractivity contribution < 1.29 is 23.7 Å². The Balaban J connectivity index is 0.000000245. The third-order valence-corrected chi connectivity index (χ3v) is 10.6. The highest BCUT2D eigenvalue weighted by Crippen LogP contribution is 2.36. The second-order valence-corrected chi connectivity index (χ2v) is 16.4. The van der Waals surface area contributed by atoms with Gasteiger partial charge in [0.05, 0.1) is 30.0 Å². The summed E-state index contributed by atoms with van der Waals surface area (Å²) < 4.78 is 26.9. The van der Waals surface area contributed by atoms with Crippen LogP contribution >= 0.6 is 0 Å². The van der Waals surface area contributed by atoms with E-state index in [0.717, 1.165) is 108 Å². The summed E-state index contributed by atoms with van der Waals surface area (Å²) in [6.45, 7) is 11.8. The van der Waals surface area contributed by atoms with Crippen molar-refractivity contribution in [3.8, 4) is 17.9 Å². The molecule has 0 N–H and O–H groups in total. The van der Waals surface area contributed by atoms with Crippen LogP contribution in [0.3, 0.4) is 0 Å². The molecule has 2 aliphatic rings. The van der Waals surface area contributed by atoms with Gasteiger partial charge in [0.2, 0.25) is 0 Å². The first kappa shape index (κ1) is 43.3. The number of fused-ring (bicyclic) bond motifs is 2. The van der Waals surface area contributed by atoms with Gasteiger partial charge in [-0.25, -0.2) is 19.3 Å². The quantitative estimate of drug-likeness (QED) is 0.0545. The second kappa shape index (κ2) is 20.6. The average molecular weight is 823 g/mol. The molecular weight excluding hydrogens is 765 g/mol.